The van der Waals surface area contributed by atoms with Gasteiger partial charge in [0.15, 0.2) is 0 Å². The maximum Gasteiger partial charge on any atom is 0.128 e. The molecule has 0 radical (unpaired) electrons. The van der Waals surface area contributed by atoms with Crippen LogP contribution in [-0.4, -0.2) is 4.98 Å². The number of nitrogen functional groups attached to an aromatic ring is 1. The van der Waals surface area contributed by atoms with Crippen LogP contribution in [-0.2, 0) is 0 Å². The molecule has 1 heterocycles. The van der Waals surface area contributed by atoms with Crippen molar-refractivity contribution < 1.29 is 0 Å². The molecule has 1 fully saturated rings. The largest absolute Gasteiger partial charge is 0.383 e. The average molecular weight is 205 g/mol. The van der Waals surface area contributed by atoms with Gasteiger partial charge in [0.05, 0.1) is 0 Å². The van der Waals surface area contributed by atoms with Crippen molar-refractivity contribution in [2.24, 2.45) is 11.7 Å². The predicted octanol–water partition coefficient (Wildman–Crippen LogP) is 2.24. The van der Waals surface area contributed by atoms with Crippen LogP contribution in [0.15, 0.2) is 18.3 Å². The van der Waals surface area contributed by atoms with E-state index in [0.717, 1.165) is 5.56 Å². The second-order valence-electron chi connectivity index (χ2n) is 4.40. The summed E-state index contributed by atoms with van der Waals surface area (Å²) in [6, 6.07) is 3.98. The number of anilines is 1. The Morgan fingerprint density at radius 1 is 1.27 bits per heavy atom. The second kappa shape index (κ2) is 4.62. The number of aromatic nitrogens is 1. The van der Waals surface area contributed by atoms with Crippen LogP contribution in [0.2, 0.25) is 0 Å². The summed E-state index contributed by atoms with van der Waals surface area (Å²) >= 11 is 0. The standard InChI is InChI=1S/C12H19N3/c13-11(9-5-2-1-3-6-9)10-7-4-8-15-12(10)14/h4,7-9,11H,1-3,5-6,13H2,(H2,14,15). The van der Waals surface area contributed by atoms with Gasteiger partial charge in [0.2, 0.25) is 0 Å². The van der Waals surface area contributed by atoms with Gasteiger partial charge in [-0.15, -0.1) is 0 Å². The summed E-state index contributed by atoms with van der Waals surface area (Å²) in [6.07, 6.45) is 8.14. The van der Waals surface area contributed by atoms with E-state index in [1.165, 1.54) is 32.1 Å². The van der Waals surface area contributed by atoms with Gasteiger partial charge < -0.3 is 11.5 Å². The van der Waals surface area contributed by atoms with Gasteiger partial charge in [0, 0.05) is 17.8 Å². The molecule has 1 saturated carbocycles. The van der Waals surface area contributed by atoms with Gasteiger partial charge in [-0.2, -0.15) is 0 Å². The fraction of sp³-hybridized carbons (Fsp3) is 0.583. The van der Waals surface area contributed by atoms with Crippen molar-refractivity contribution in [1.29, 1.82) is 0 Å². The van der Waals surface area contributed by atoms with Crippen molar-refractivity contribution in [2.45, 2.75) is 38.1 Å². The third-order valence-electron chi connectivity index (χ3n) is 3.39. The lowest BCUT2D eigenvalue weighted by Gasteiger charge is -2.28. The number of pyridine rings is 1. The molecule has 82 valence electrons. The summed E-state index contributed by atoms with van der Waals surface area (Å²) < 4.78 is 0. The lowest BCUT2D eigenvalue weighted by Crippen LogP contribution is -2.24. The van der Waals surface area contributed by atoms with Gasteiger partial charge in [-0.3, -0.25) is 0 Å². The van der Waals surface area contributed by atoms with Gasteiger partial charge in [0.25, 0.3) is 0 Å². The Balaban J connectivity index is 2.12. The van der Waals surface area contributed by atoms with E-state index in [0.29, 0.717) is 11.7 Å². The third-order valence-corrected chi connectivity index (χ3v) is 3.39. The van der Waals surface area contributed by atoms with Crippen LogP contribution >= 0.6 is 0 Å². The minimum atomic E-state index is 0.0685. The van der Waals surface area contributed by atoms with E-state index >= 15 is 0 Å². The Hall–Kier alpha value is -1.09. The van der Waals surface area contributed by atoms with Gasteiger partial charge in [-0.1, -0.05) is 25.3 Å². The van der Waals surface area contributed by atoms with E-state index in [1.54, 1.807) is 6.20 Å². The van der Waals surface area contributed by atoms with Crippen LogP contribution in [0.25, 0.3) is 0 Å². The van der Waals surface area contributed by atoms with Crippen molar-refractivity contribution in [3.8, 4) is 0 Å². The van der Waals surface area contributed by atoms with Crippen LogP contribution in [0.5, 0.6) is 0 Å². The number of rotatable bonds is 2. The van der Waals surface area contributed by atoms with Crippen LogP contribution in [0.4, 0.5) is 5.82 Å². The zero-order valence-electron chi connectivity index (χ0n) is 9.02. The van der Waals surface area contributed by atoms with Crippen molar-refractivity contribution >= 4 is 5.82 Å². The van der Waals surface area contributed by atoms with E-state index in [4.69, 9.17) is 11.5 Å². The molecule has 0 aliphatic heterocycles. The zero-order valence-corrected chi connectivity index (χ0v) is 9.02. The molecule has 0 bridgehead atoms. The van der Waals surface area contributed by atoms with E-state index in [2.05, 4.69) is 4.98 Å². The highest BCUT2D eigenvalue weighted by atomic mass is 14.8. The van der Waals surface area contributed by atoms with Crippen LogP contribution in [0.1, 0.15) is 43.7 Å². The molecule has 0 spiro atoms. The Bertz CT molecular complexity index is 318. The molecular formula is C12H19N3. The molecule has 1 atom stereocenters. The topological polar surface area (TPSA) is 64.9 Å². The lowest BCUT2D eigenvalue weighted by atomic mass is 9.82. The second-order valence-corrected chi connectivity index (χ2v) is 4.40. The SMILES string of the molecule is Nc1ncccc1C(N)C1CCCCC1. The molecule has 1 aliphatic carbocycles. The maximum absolute atomic E-state index is 6.25. The minimum Gasteiger partial charge on any atom is -0.383 e. The molecule has 4 N–H and O–H groups in total. The van der Waals surface area contributed by atoms with Crippen molar-refractivity contribution in [3.63, 3.8) is 0 Å². The number of nitrogens with zero attached hydrogens (tertiary/aromatic N) is 1. The molecule has 0 aromatic carbocycles. The summed E-state index contributed by atoms with van der Waals surface area (Å²) in [4.78, 5) is 4.09. The monoisotopic (exact) mass is 205 g/mol. The summed E-state index contributed by atoms with van der Waals surface area (Å²) in [6.45, 7) is 0. The first-order valence-corrected chi connectivity index (χ1v) is 5.75. The third kappa shape index (κ3) is 2.29. The lowest BCUT2D eigenvalue weighted by molar-refractivity contribution is 0.308. The predicted molar refractivity (Wildman–Crippen MR) is 62.2 cm³/mol. The minimum absolute atomic E-state index is 0.0685. The Morgan fingerprint density at radius 2 is 2.00 bits per heavy atom. The van der Waals surface area contributed by atoms with Crippen LogP contribution in [0, 0.1) is 5.92 Å². The fourth-order valence-corrected chi connectivity index (χ4v) is 2.46. The summed E-state index contributed by atoms with van der Waals surface area (Å²) in [5.74, 6) is 1.18. The smallest absolute Gasteiger partial charge is 0.128 e. The molecule has 1 aliphatic rings. The van der Waals surface area contributed by atoms with E-state index in [9.17, 15) is 0 Å². The van der Waals surface area contributed by atoms with Crippen molar-refractivity contribution in [3.05, 3.63) is 23.9 Å². The van der Waals surface area contributed by atoms with Gasteiger partial charge in [-0.05, 0) is 24.8 Å². The van der Waals surface area contributed by atoms with E-state index in [-0.39, 0.29) is 6.04 Å². The molecule has 0 amide bonds. The number of hydrogen-bond acceptors (Lipinski definition) is 3. The van der Waals surface area contributed by atoms with E-state index in [1.807, 2.05) is 12.1 Å². The zero-order chi connectivity index (χ0) is 10.7. The van der Waals surface area contributed by atoms with Gasteiger partial charge in [0.1, 0.15) is 5.82 Å². The molecule has 3 nitrogen and oxygen atoms in total. The molecule has 15 heavy (non-hydrogen) atoms. The molecule has 0 saturated heterocycles. The van der Waals surface area contributed by atoms with E-state index < -0.39 is 0 Å². The Kier molecular flexibility index (Phi) is 3.21. The highest BCUT2D eigenvalue weighted by molar-refractivity contribution is 5.40. The van der Waals surface area contributed by atoms with Gasteiger partial charge >= 0.3 is 0 Å². The van der Waals surface area contributed by atoms with Crippen LogP contribution in [0.3, 0.4) is 0 Å². The molecule has 1 unspecified atom stereocenters. The highest BCUT2D eigenvalue weighted by Gasteiger charge is 2.23. The molecule has 1 aromatic heterocycles. The average Bonchev–Trinajstić information content (AvgIpc) is 2.30. The van der Waals surface area contributed by atoms with Crippen molar-refractivity contribution in [2.75, 3.05) is 5.73 Å². The fourth-order valence-electron chi connectivity index (χ4n) is 2.46. The molecule has 1 aromatic rings. The normalized spacial score (nSPS) is 20.1. The number of hydrogen-bond donors (Lipinski definition) is 2. The first-order valence-electron chi connectivity index (χ1n) is 5.75. The first-order chi connectivity index (χ1) is 7.29. The molecule has 2 rings (SSSR count). The summed E-state index contributed by atoms with van der Waals surface area (Å²) in [5, 5.41) is 0. The quantitative estimate of drug-likeness (QED) is 0.778. The first kappa shape index (κ1) is 10.4. The summed E-state index contributed by atoms with van der Waals surface area (Å²) in [5.41, 5.74) is 13.1. The highest BCUT2D eigenvalue weighted by Crippen LogP contribution is 2.34. The Labute approximate surface area is 90.9 Å². The summed E-state index contributed by atoms with van der Waals surface area (Å²) in [7, 11) is 0. The number of nitrogens with two attached hydrogens (primary N) is 2. The van der Waals surface area contributed by atoms with Gasteiger partial charge in [-0.25, -0.2) is 4.98 Å². The van der Waals surface area contributed by atoms with Crippen molar-refractivity contribution in [1.82, 2.24) is 4.98 Å². The molecule has 3 heteroatoms. The van der Waals surface area contributed by atoms with Crippen LogP contribution < -0.4 is 11.5 Å². The molecular weight excluding hydrogens is 186 g/mol. The Morgan fingerprint density at radius 3 is 2.67 bits per heavy atom. The maximum atomic E-state index is 6.25.